The van der Waals surface area contributed by atoms with E-state index in [1.54, 1.807) is 0 Å². The van der Waals surface area contributed by atoms with E-state index in [1.807, 2.05) is 0 Å². The molecule has 0 spiro atoms. The van der Waals surface area contributed by atoms with Gasteiger partial charge in [0.1, 0.15) is 5.82 Å². The van der Waals surface area contributed by atoms with Crippen molar-refractivity contribution in [2.24, 2.45) is 5.73 Å². The van der Waals surface area contributed by atoms with E-state index in [0.717, 1.165) is 0 Å². The van der Waals surface area contributed by atoms with Crippen LogP contribution in [-0.4, -0.2) is 12.6 Å². The second kappa shape index (κ2) is 8.02. The lowest BCUT2D eigenvalue weighted by Crippen LogP contribution is -2.24. The molecule has 0 radical (unpaired) electrons. The molecular formula is C13H13ClF7NO2. The normalized spacial score (nSPS) is 13.2. The van der Waals surface area contributed by atoms with Gasteiger partial charge in [-0.2, -0.15) is 26.3 Å². The Hall–Kier alpha value is -1.55. The fourth-order valence-electron chi connectivity index (χ4n) is 1.89. The van der Waals surface area contributed by atoms with Gasteiger partial charge in [0.2, 0.25) is 0 Å². The predicted molar refractivity (Wildman–Crippen MR) is 71.8 cm³/mol. The number of hydrogen-bond acceptors (Lipinski definition) is 3. The van der Waals surface area contributed by atoms with E-state index in [1.165, 1.54) is 6.92 Å². The Kier molecular flexibility index (Phi) is 7.50. The summed E-state index contributed by atoms with van der Waals surface area (Å²) in [4.78, 5) is 11.2. The lowest BCUT2D eigenvalue weighted by molar-refractivity contribution is -0.146. The molecule has 0 aliphatic heterocycles. The minimum absolute atomic E-state index is 0. The number of hydrogen-bond donors (Lipinski definition) is 1. The summed E-state index contributed by atoms with van der Waals surface area (Å²) >= 11 is 0. The van der Waals surface area contributed by atoms with E-state index in [2.05, 4.69) is 4.74 Å². The lowest BCUT2D eigenvalue weighted by atomic mass is 9.95. The van der Waals surface area contributed by atoms with E-state index in [9.17, 15) is 35.5 Å². The summed E-state index contributed by atoms with van der Waals surface area (Å²) in [6.07, 6.45) is -11.2. The highest BCUT2D eigenvalue weighted by atomic mass is 35.5. The number of halogens is 8. The molecule has 0 bridgehead atoms. The van der Waals surface area contributed by atoms with Crippen molar-refractivity contribution >= 4 is 18.4 Å². The summed E-state index contributed by atoms with van der Waals surface area (Å²) in [7, 11) is 0. The Morgan fingerprint density at radius 1 is 1.17 bits per heavy atom. The van der Waals surface area contributed by atoms with Crippen LogP contribution < -0.4 is 5.73 Å². The van der Waals surface area contributed by atoms with Crippen LogP contribution in [0.4, 0.5) is 30.7 Å². The van der Waals surface area contributed by atoms with E-state index in [-0.39, 0.29) is 31.1 Å². The van der Waals surface area contributed by atoms with Gasteiger partial charge in [-0.3, -0.25) is 4.79 Å². The van der Waals surface area contributed by atoms with E-state index in [0.29, 0.717) is 0 Å². The zero-order valence-corrected chi connectivity index (χ0v) is 12.9. The quantitative estimate of drug-likeness (QED) is 0.625. The van der Waals surface area contributed by atoms with Gasteiger partial charge in [0.25, 0.3) is 0 Å². The number of ether oxygens (including phenoxy) is 1. The Labute approximate surface area is 138 Å². The van der Waals surface area contributed by atoms with E-state index < -0.39 is 53.3 Å². The summed E-state index contributed by atoms with van der Waals surface area (Å²) in [5, 5.41) is 0. The molecule has 0 fully saturated rings. The van der Waals surface area contributed by atoms with E-state index >= 15 is 0 Å². The summed E-state index contributed by atoms with van der Waals surface area (Å²) < 4.78 is 94.7. The van der Waals surface area contributed by atoms with Gasteiger partial charge in [-0.25, -0.2) is 4.39 Å². The summed E-state index contributed by atoms with van der Waals surface area (Å²) in [6, 6.07) is -2.12. The average molecular weight is 384 g/mol. The van der Waals surface area contributed by atoms with E-state index in [4.69, 9.17) is 5.73 Å². The molecule has 3 nitrogen and oxygen atoms in total. The Balaban J connectivity index is 0.00000529. The first-order valence-corrected chi connectivity index (χ1v) is 6.27. The molecule has 2 N–H and O–H groups in total. The maximum Gasteiger partial charge on any atom is 0.416 e. The van der Waals surface area contributed by atoms with Gasteiger partial charge in [-0.15, -0.1) is 12.4 Å². The van der Waals surface area contributed by atoms with Crippen molar-refractivity contribution in [3.05, 3.63) is 34.6 Å². The topological polar surface area (TPSA) is 52.3 Å². The smallest absolute Gasteiger partial charge is 0.416 e. The van der Waals surface area contributed by atoms with Crippen LogP contribution in [-0.2, 0) is 21.9 Å². The minimum Gasteiger partial charge on any atom is -0.466 e. The van der Waals surface area contributed by atoms with Gasteiger partial charge >= 0.3 is 18.3 Å². The predicted octanol–water partition coefficient (Wildman–Crippen LogP) is 4.24. The molecule has 24 heavy (non-hydrogen) atoms. The molecule has 0 heterocycles. The highest BCUT2D eigenvalue weighted by molar-refractivity contribution is 5.85. The second-order valence-corrected chi connectivity index (χ2v) is 4.53. The third-order valence-electron chi connectivity index (χ3n) is 2.82. The van der Waals surface area contributed by atoms with Crippen molar-refractivity contribution in [2.45, 2.75) is 31.7 Å². The molecule has 0 saturated heterocycles. The third kappa shape index (κ3) is 5.52. The van der Waals surface area contributed by atoms with Crippen LogP contribution in [0, 0.1) is 5.82 Å². The van der Waals surface area contributed by atoms with Gasteiger partial charge in [-0.05, 0) is 19.1 Å². The van der Waals surface area contributed by atoms with Crippen LogP contribution in [0.25, 0.3) is 0 Å². The molecule has 1 rings (SSSR count). The highest BCUT2D eigenvalue weighted by Crippen LogP contribution is 2.40. The lowest BCUT2D eigenvalue weighted by Gasteiger charge is -2.20. The van der Waals surface area contributed by atoms with Crippen molar-refractivity contribution < 1.29 is 40.3 Å². The first-order valence-electron chi connectivity index (χ1n) is 6.27. The Bertz CT molecular complexity index is 587. The molecule has 1 aromatic rings. The van der Waals surface area contributed by atoms with Crippen LogP contribution >= 0.6 is 12.4 Å². The van der Waals surface area contributed by atoms with Crippen LogP contribution in [0.5, 0.6) is 0 Å². The summed E-state index contributed by atoms with van der Waals surface area (Å²) in [5.41, 5.74) is 0.482. The number of rotatable bonds is 4. The molecule has 1 atom stereocenters. The number of carbonyl (C=O) groups is 1. The number of benzene rings is 1. The minimum atomic E-state index is -5.27. The van der Waals surface area contributed by atoms with Crippen LogP contribution in [0.15, 0.2) is 12.1 Å². The summed E-state index contributed by atoms with van der Waals surface area (Å²) in [5.74, 6) is -2.78. The molecule has 0 aromatic heterocycles. The number of alkyl halides is 6. The van der Waals surface area contributed by atoms with Crippen LogP contribution in [0.3, 0.4) is 0 Å². The average Bonchev–Trinajstić information content (AvgIpc) is 2.35. The maximum atomic E-state index is 13.8. The first-order chi connectivity index (χ1) is 10.4. The zero-order valence-electron chi connectivity index (χ0n) is 12.1. The van der Waals surface area contributed by atoms with Crippen LogP contribution in [0.2, 0.25) is 0 Å². The van der Waals surface area contributed by atoms with Crippen molar-refractivity contribution in [2.75, 3.05) is 6.61 Å². The molecule has 0 amide bonds. The van der Waals surface area contributed by atoms with Crippen LogP contribution in [0.1, 0.15) is 36.1 Å². The fourth-order valence-corrected chi connectivity index (χ4v) is 1.89. The Morgan fingerprint density at radius 3 is 2.12 bits per heavy atom. The standard InChI is InChI=1S/C13H12F7NO2.ClH/c1-2-23-10(22)5-9(21)11-7(13(18,19)20)3-6(4-8(11)14)12(15,16)17;/h3-4,9H,2,5,21H2,1H3;1H/t9-;/m0./s1. The zero-order chi connectivity index (χ0) is 18.0. The largest absolute Gasteiger partial charge is 0.466 e. The van der Waals surface area contributed by atoms with Crippen molar-refractivity contribution in [1.29, 1.82) is 0 Å². The van der Waals surface area contributed by atoms with Gasteiger partial charge in [0, 0.05) is 11.6 Å². The molecular weight excluding hydrogens is 371 g/mol. The monoisotopic (exact) mass is 383 g/mol. The molecule has 0 unspecified atom stereocenters. The van der Waals surface area contributed by atoms with Crippen molar-refractivity contribution in [1.82, 2.24) is 0 Å². The second-order valence-electron chi connectivity index (χ2n) is 4.53. The van der Waals surface area contributed by atoms with Gasteiger partial charge < -0.3 is 10.5 Å². The van der Waals surface area contributed by atoms with Gasteiger partial charge in [-0.1, -0.05) is 0 Å². The highest BCUT2D eigenvalue weighted by Gasteiger charge is 2.41. The van der Waals surface area contributed by atoms with Crippen molar-refractivity contribution in [3.8, 4) is 0 Å². The Morgan fingerprint density at radius 2 is 1.71 bits per heavy atom. The maximum absolute atomic E-state index is 13.8. The van der Waals surface area contributed by atoms with Gasteiger partial charge in [0.05, 0.1) is 24.2 Å². The number of nitrogens with two attached hydrogens (primary N) is 1. The molecule has 1 aromatic carbocycles. The third-order valence-corrected chi connectivity index (χ3v) is 2.82. The number of esters is 1. The first kappa shape index (κ1) is 22.4. The molecule has 0 saturated carbocycles. The molecule has 0 aliphatic carbocycles. The van der Waals surface area contributed by atoms with Gasteiger partial charge in [0.15, 0.2) is 0 Å². The fraction of sp³-hybridized carbons (Fsp3) is 0.462. The molecule has 138 valence electrons. The summed E-state index contributed by atoms with van der Waals surface area (Å²) in [6.45, 7) is 1.36. The number of carbonyl (C=O) groups excluding carboxylic acids is 1. The molecule has 11 heteroatoms. The SMILES string of the molecule is CCOC(=O)C[C@H](N)c1c(F)cc(C(F)(F)F)cc1C(F)(F)F.Cl. The molecule has 0 aliphatic rings. The van der Waals surface area contributed by atoms with Crippen molar-refractivity contribution in [3.63, 3.8) is 0 Å².